The van der Waals surface area contributed by atoms with Crippen LogP contribution in [-0.4, -0.2) is 12.3 Å². The van der Waals surface area contributed by atoms with Crippen molar-refractivity contribution in [3.63, 3.8) is 0 Å². The fourth-order valence-electron chi connectivity index (χ4n) is 2.00. The molecule has 5 heteroatoms. The zero-order valence-corrected chi connectivity index (χ0v) is 14.7. The van der Waals surface area contributed by atoms with Gasteiger partial charge in [-0.1, -0.05) is 41.7 Å². The van der Waals surface area contributed by atoms with Crippen molar-refractivity contribution in [3.8, 4) is 0 Å². The summed E-state index contributed by atoms with van der Waals surface area (Å²) < 4.78 is 0. The minimum Gasteiger partial charge on any atom is -0.309 e. The Labute approximate surface area is 145 Å². The topological polar surface area (TPSA) is 12.0 Å². The molecule has 1 nitrogen and oxygen atoms in total. The minimum absolute atomic E-state index is 0.155. The maximum Gasteiger partial charge on any atom is 0.0455 e. The van der Waals surface area contributed by atoms with Crippen molar-refractivity contribution in [1.29, 1.82) is 0 Å². The summed E-state index contributed by atoms with van der Waals surface area (Å²) in [5, 5.41) is 5.65. The second-order valence-electron chi connectivity index (χ2n) is 4.54. The summed E-state index contributed by atoms with van der Waals surface area (Å²) in [7, 11) is 0. The van der Waals surface area contributed by atoms with Gasteiger partial charge in [-0.3, -0.25) is 0 Å². The van der Waals surface area contributed by atoms with Crippen LogP contribution in [0.4, 0.5) is 0 Å². The molecule has 0 amide bonds. The first-order chi connectivity index (χ1) is 10.1. The Balaban J connectivity index is 2.11. The summed E-state index contributed by atoms with van der Waals surface area (Å²) in [5.74, 6) is 0.871. The van der Waals surface area contributed by atoms with Crippen LogP contribution in [0.2, 0.25) is 15.1 Å². The van der Waals surface area contributed by atoms with Gasteiger partial charge in [-0.2, -0.15) is 0 Å². The molecule has 0 aliphatic rings. The van der Waals surface area contributed by atoms with Gasteiger partial charge in [0.1, 0.15) is 0 Å². The molecule has 0 aromatic heterocycles. The quantitative estimate of drug-likeness (QED) is 0.625. The number of nitrogens with one attached hydrogen (secondary N) is 1. The average molecular weight is 361 g/mol. The van der Waals surface area contributed by atoms with Crippen LogP contribution in [0.3, 0.4) is 0 Å². The fourth-order valence-corrected chi connectivity index (χ4v) is 3.54. The number of thioether (sulfide) groups is 1. The Morgan fingerprint density at radius 3 is 2.33 bits per heavy atom. The zero-order valence-electron chi connectivity index (χ0n) is 11.6. The molecular weight excluding hydrogens is 345 g/mol. The molecule has 1 atom stereocenters. The largest absolute Gasteiger partial charge is 0.309 e. The Kier molecular flexibility index (Phi) is 6.72. The lowest BCUT2D eigenvalue weighted by Crippen LogP contribution is -2.23. The van der Waals surface area contributed by atoms with E-state index < -0.39 is 0 Å². The van der Waals surface area contributed by atoms with E-state index in [1.165, 1.54) is 4.90 Å². The molecule has 1 unspecified atom stereocenters. The Morgan fingerprint density at radius 2 is 1.67 bits per heavy atom. The SMILES string of the molecule is CCNC(CSc1ccc(Cl)cc1)c1cc(Cl)ccc1Cl. The lowest BCUT2D eigenvalue weighted by Gasteiger charge is -2.19. The third-order valence-electron chi connectivity index (χ3n) is 3.01. The molecule has 0 aliphatic carbocycles. The summed E-state index contributed by atoms with van der Waals surface area (Å²) in [4.78, 5) is 1.18. The lowest BCUT2D eigenvalue weighted by molar-refractivity contribution is 0.606. The Hall–Kier alpha value is -0.380. The normalized spacial score (nSPS) is 12.4. The molecule has 112 valence electrons. The Morgan fingerprint density at radius 1 is 1.00 bits per heavy atom. The molecule has 21 heavy (non-hydrogen) atoms. The van der Waals surface area contributed by atoms with Gasteiger partial charge < -0.3 is 5.32 Å². The van der Waals surface area contributed by atoms with Gasteiger partial charge in [0.25, 0.3) is 0 Å². The molecule has 1 N–H and O–H groups in total. The molecule has 0 spiro atoms. The van der Waals surface area contributed by atoms with Gasteiger partial charge >= 0.3 is 0 Å². The predicted octanol–water partition coefficient (Wildman–Crippen LogP) is 6.09. The van der Waals surface area contributed by atoms with Crippen molar-refractivity contribution in [2.24, 2.45) is 0 Å². The molecule has 0 fully saturated rings. The molecular formula is C16H16Cl3NS. The first-order valence-corrected chi connectivity index (χ1v) is 8.78. The van der Waals surface area contributed by atoms with E-state index >= 15 is 0 Å². The van der Waals surface area contributed by atoms with Crippen molar-refractivity contribution < 1.29 is 0 Å². The fraction of sp³-hybridized carbons (Fsp3) is 0.250. The van der Waals surface area contributed by atoms with Crippen molar-refractivity contribution in [3.05, 3.63) is 63.1 Å². The highest BCUT2D eigenvalue weighted by Crippen LogP contribution is 2.31. The molecule has 0 aliphatic heterocycles. The zero-order chi connectivity index (χ0) is 15.2. The molecule has 0 radical (unpaired) electrons. The van der Waals surface area contributed by atoms with E-state index in [1.54, 1.807) is 11.8 Å². The predicted molar refractivity (Wildman–Crippen MR) is 95.1 cm³/mol. The molecule has 2 rings (SSSR count). The van der Waals surface area contributed by atoms with E-state index in [9.17, 15) is 0 Å². The van der Waals surface area contributed by atoms with Gasteiger partial charge in [0.2, 0.25) is 0 Å². The average Bonchev–Trinajstić information content (AvgIpc) is 2.48. The second-order valence-corrected chi connectivity index (χ2v) is 6.91. The summed E-state index contributed by atoms with van der Waals surface area (Å²) in [6.45, 7) is 2.95. The monoisotopic (exact) mass is 359 g/mol. The van der Waals surface area contributed by atoms with Crippen LogP contribution in [0.5, 0.6) is 0 Å². The van der Waals surface area contributed by atoms with Gasteiger partial charge in [0, 0.05) is 31.8 Å². The standard InChI is InChI=1S/C16H16Cl3NS/c1-2-20-16(14-9-12(18)5-8-15(14)19)10-21-13-6-3-11(17)4-7-13/h3-9,16,20H,2,10H2,1H3. The molecule has 2 aromatic carbocycles. The van der Waals surface area contributed by atoms with Crippen LogP contribution in [0, 0.1) is 0 Å². The summed E-state index contributed by atoms with van der Waals surface area (Å²) >= 11 is 20.1. The first kappa shape index (κ1) is 17.0. The molecule has 0 bridgehead atoms. The van der Waals surface area contributed by atoms with E-state index in [-0.39, 0.29) is 6.04 Å². The third-order valence-corrected chi connectivity index (χ3v) is 4.95. The van der Waals surface area contributed by atoms with E-state index in [1.807, 2.05) is 42.5 Å². The van der Waals surface area contributed by atoms with Crippen LogP contribution < -0.4 is 5.32 Å². The van der Waals surface area contributed by atoms with Crippen LogP contribution in [0.1, 0.15) is 18.5 Å². The highest BCUT2D eigenvalue weighted by atomic mass is 35.5. The minimum atomic E-state index is 0.155. The van der Waals surface area contributed by atoms with Gasteiger partial charge in [0.05, 0.1) is 0 Å². The molecule has 0 heterocycles. The van der Waals surface area contributed by atoms with Gasteiger partial charge in [-0.25, -0.2) is 0 Å². The van der Waals surface area contributed by atoms with Gasteiger partial charge in [0.15, 0.2) is 0 Å². The maximum atomic E-state index is 6.30. The number of halogens is 3. The summed E-state index contributed by atoms with van der Waals surface area (Å²) in [5.41, 5.74) is 1.03. The molecule has 0 saturated carbocycles. The highest BCUT2D eigenvalue weighted by molar-refractivity contribution is 7.99. The highest BCUT2D eigenvalue weighted by Gasteiger charge is 2.15. The molecule has 0 saturated heterocycles. The second kappa shape index (κ2) is 8.30. The van der Waals surface area contributed by atoms with Crippen LogP contribution in [0.15, 0.2) is 47.4 Å². The van der Waals surface area contributed by atoms with Crippen molar-refractivity contribution >= 4 is 46.6 Å². The third kappa shape index (κ3) is 5.08. The van der Waals surface area contributed by atoms with Crippen LogP contribution in [-0.2, 0) is 0 Å². The first-order valence-electron chi connectivity index (χ1n) is 6.67. The Bertz CT molecular complexity index is 587. The number of benzene rings is 2. The van der Waals surface area contributed by atoms with E-state index in [2.05, 4.69) is 12.2 Å². The van der Waals surface area contributed by atoms with Gasteiger partial charge in [-0.05, 0) is 54.6 Å². The van der Waals surface area contributed by atoms with E-state index in [4.69, 9.17) is 34.8 Å². The number of rotatable bonds is 6. The van der Waals surface area contributed by atoms with E-state index in [0.717, 1.165) is 27.9 Å². The van der Waals surface area contributed by atoms with Gasteiger partial charge in [-0.15, -0.1) is 11.8 Å². The lowest BCUT2D eigenvalue weighted by atomic mass is 10.1. The van der Waals surface area contributed by atoms with Crippen molar-refractivity contribution in [2.45, 2.75) is 17.9 Å². The van der Waals surface area contributed by atoms with Crippen LogP contribution >= 0.6 is 46.6 Å². The summed E-state index contributed by atoms with van der Waals surface area (Å²) in [6.07, 6.45) is 0. The number of hydrogen-bond donors (Lipinski definition) is 1. The number of hydrogen-bond acceptors (Lipinski definition) is 2. The molecule has 2 aromatic rings. The van der Waals surface area contributed by atoms with E-state index in [0.29, 0.717) is 5.02 Å². The maximum absolute atomic E-state index is 6.30. The van der Waals surface area contributed by atoms with Crippen LogP contribution in [0.25, 0.3) is 0 Å². The van der Waals surface area contributed by atoms with Crippen molar-refractivity contribution in [1.82, 2.24) is 5.32 Å². The summed E-state index contributed by atoms with van der Waals surface area (Å²) in [6, 6.07) is 13.6. The smallest absolute Gasteiger partial charge is 0.0455 e. The van der Waals surface area contributed by atoms with Crippen molar-refractivity contribution in [2.75, 3.05) is 12.3 Å².